The molecule has 0 aromatic rings. The first kappa shape index (κ1) is 24.5. The molecule has 6 heteroatoms. The van der Waals surface area contributed by atoms with Gasteiger partial charge in [-0.3, -0.25) is 0 Å². The predicted molar refractivity (Wildman–Crippen MR) is 135 cm³/mol. The Morgan fingerprint density at radius 1 is 1.06 bits per heavy atom. The Morgan fingerprint density at radius 3 is 2.51 bits per heavy atom. The molecule has 1 heterocycles. The first-order valence-electron chi connectivity index (χ1n) is 14.4. The summed E-state index contributed by atoms with van der Waals surface area (Å²) in [6.07, 6.45) is 8.63. The zero-order valence-corrected chi connectivity index (χ0v) is 22.6. The summed E-state index contributed by atoms with van der Waals surface area (Å²) in [5.41, 5.74) is 6.24. The normalized spacial score (nSPS) is 55.5. The number of hydrogen-bond acceptors (Lipinski definition) is 5. The van der Waals surface area contributed by atoms with E-state index in [0.717, 1.165) is 25.9 Å². The minimum atomic E-state index is -0.365. The molecule has 5 aliphatic carbocycles. The third-order valence-corrected chi connectivity index (χ3v) is 13.4. The maximum absolute atomic E-state index is 12.4. The van der Waals surface area contributed by atoms with Crippen molar-refractivity contribution in [2.75, 3.05) is 19.7 Å². The van der Waals surface area contributed by atoms with E-state index in [0.29, 0.717) is 47.6 Å². The molecule has 6 rings (SSSR count). The van der Waals surface area contributed by atoms with Gasteiger partial charge in [0, 0.05) is 30.5 Å². The lowest BCUT2D eigenvalue weighted by atomic mass is 9.41. The van der Waals surface area contributed by atoms with Gasteiger partial charge < -0.3 is 25.6 Å². The minimum Gasteiger partial charge on any atom is -0.446 e. The van der Waals surface area contributed by atoms with Crippen molar-refractivity contribution in [3.05, 3.63) is 0 Å². The summed E-state index contributed by atoms with van der Waals surface area (Å²) in [6, 6.07) is 0. The summed E-state index contributed by atoms with van der Waals surface area (Å²) in [5.74, 6) is 2.21. The van der Waals surface area contributed by atoms with Crippen molar-refractivity contribution < 1.29 is 19.4 Å². The highest BCUT2D eigenvalue weighted by Gasteiger charge is 2.84. The van der Waals surface area contributed by atoms with E-state index in [4.69, 9.17) is 15.2 Å². The van der Waals surface area contributed by atoms with Crippen molar-refractivity contribution in [2.45, 2.75) is 104 Å². The highest BCUT2D eigenvalue weighted by molar-refractivity contribution is 5.67. The van der Waals surface area contributed by atoms with E-state index in [1.807, 2.05) is 0 Å². The van der Waals surface area contributed by atoms with E-state index < -0.39 is 0 Å². The van der Waals surface area contributed by atoms with Gasteiger partial charge in [0.25, 0.3) is 0 Å². The van der Waals surface area contributed by atoms with Gasteiger partial charge in [-0.15, -0.1) is 0 Å². The van der Waals surface area contributed by atoms with Gasteiger partial charge in [-0.25, -0.2) is 4.79 Å². The molecule has 2 spiro atoms. The van der Waals surface area contributed by atoms with Crippen molar-refractivity contribution in [3.8, 4) is 0 Å². The van der Waals surface area contributed by atoms with E-state index in [1.54, 1.807) is 0 Å². The van der Waals surface area contributed by atoms with Crippen molar-refractivity contribution in [1.29, 1.82) is 0 Å². The molecule has 0 aromatic carbocycles. The number of carbonyl (C=O) groups is 1. The van der Waals surface area contributed by atoms with Crippen LogP contribution < -0.4 is 11.1 Å². The number of carbonyl (C=O) groups excluding carboxylic acids is 1. The molecule has 6 nitrogen and oxygen atoms in total. The smallest absolute Gasteiger partial charge is 0.407 e. The summed E-state index contributed by atoms with van der Waals surface area (Å²) in [5, 5.41) is 14.7. The van der Waals surface area contributed by atoms with Crippen LogP contribution in [0.4, 0.5) is 4.79 Å². The molecule has 0 bridgehead atoms. The van der Waals surface area contributed by atoms with Gasteiger partial charge in [0.05, 0.1) is 12.2 Å². The number of hydrogen-bond donors (Lipinski definition) is 3. The zero-order valence-electron chi connectivity index (χ0n) is 22.6. The summed E-state index contributed by atoms with van der Waals surface area (Å²) in [6.45, 7) is 13.7. The molecule has 0 radical (unpaired) electrons. The van der Waals surface area contributed by atoms with Gasteiger partial charge in [-0.2, -0.15) is 0 Å². The Hall–Kier alpha value is -0.850. The largest absolute Gasteiger partial charge is 0.446 e. The van der Waals surface area contributed by atoms with Crippen molar-refractivity contribution in [3.63, 3.8) is 0 Å². The highest BCUT2D eigenvalue weighted by atomic mass is 16.6. The van der Waals surface area contributed by atoms with Crippen LogP contribution in [0.25, 0.3) is 0 Å². The van der Waals surface area contributed by atoms with Gasteiger partial charge in [-0.05, 0) is 91.3 Å². The molecule has 0 aromatic heterocycles. The van der Waals surface area contributed by atoms with Gasteiger partial charge in [0.2, 0.25) is 0 Å². The number of nitrogens with two attached hydrogens (primary N) is 1. The minimum absolute atomic E-state index is 0.00364. The number of alkyl carbamates (subject to hydrolysis) is 1. The molecule has 1 saturated heterocycles. The fourth-order valence-electron chi connectivity index (χ4n) is 11.7. The average molecular weight is 489 g/mol. The second-order valence-corrected chi connectivity index (χ2v) is 14.4. The number of rotatable bonds is 3. The standard InChI is InChI=1S/C29H48N2O4/c1-17-9-15-34-22-21(17)26(4)11-12-29-16-28(29)10-8-20(35-24(33)31-14-13-30)25(2,3)18(28)6-7-19(29)27(26,5)23(22)32/h17-23,32H,6-16,30H2,1-5H3,(H,31,33)/t17-,18+,19+,20+,21?,22?,23+,26-,27-,28-,29?/m1/s1. The third kappa shape index (κ3) is 2.80. The van der Waals surface area contributed by atoms with Crippen LogP contribution in [-0.4, -0.2) is 49.2 Å². The second kappa shape index (κ2) is 7.60. The number of aliphatic hydroxyl groups is 1. The lowest BCUT2D eigenvalue weighted by Crippen LogP contribution is -2.60. The van der Waals surface area contributed by atoms with Gasteiger partial charge in [-0.1, -0.05) is 34.6 Å². The maximum Gasteiger partial charge on any atom is 0.407 e. The number of nitrogens with one attached hydrogen (secondary N) is 1. The quantitative estimate of drug-likeness (QED) is 0.544. The number of amides is 1. The Kier molecular flexibility index (Phi) is 5.32. The molecule has 6 fully saturated rings. The fourth-order valence-corrected chi connectivity index (χ4v) is 11.7. The molecule has 1 amide bonds. The topological polar surface area (TPSA) is 93.8 Å². The molecule has 3 unspecified atom stereocenters. The van der Waals surface area contributed by atoms with Crippen LogP contribution in [0.1, 0.15) is 86.0 Å². The summed E-state index contributed by atoms with van der Waals surface area (Å²) in [4.78, 5) is 12.4. The van der Waals surface area contributed by atoms with Crippen molar-refractivity contribution in [2.24, 2.45) is 56.5 Å². The monoisotopic (exact) mass is 488 g/mol. The van der Waals surface area contributed by atoms with Crippen LogP contribution in [-0.2, 0) is 9.47 Å². The fraction of sp³-hybridized carbons (Fsp3) is 0.966. The van der Waals surface area contributed by atoms with Crippen LogP contribution in [0.15, 0.2) is 0 Å². The average Bonchev–Trinajstić information content (AvgIpc) is 3.44. The lowest BCUT2D eigenvalue weighted by molar-refractivity contribution is -0.182. The van der Waals surface area contributed by atoms with Crippen LogP contribution in [0.5, 0.6) is 0 Å². The molecule has 6 aliphatic rings. The Balaban J connectivity index is 1.29. The zero-order chi connectivity index (χ0) is 25.0. The number of fused-ring (bicyclic) bond motifs is 4. The van der Waals surface area contributed by atoms with Crippen LogP contribution in [0, 0.1) is 50.7 Å². The number of ether oxygens (including phenoxy) is 2. The molecule has 5 saturated carbocycles. The molecular weight excluding hydrogens is 440 g/mol. The summed E-state index contributed by atoms with van der Waals surface area (Å²) >= 11 is 0. The van der Waals surface area contributed by atoms with E-state index in [1.165, 1.54) is 32.1 Å². The molecule has 35 heavy (non-hydrogen) atoms. The molecule has 1 aliphatic heterocycles. The Labute approximate surface area is 211 Å². The Bertz CT molecular complexity index is 894. The van der Waals surface area contributed by atoms with Crippen LogP contribution in [0.2, 0.25) is 0 Å². The Morgan fingerprint density at radius 2 is 1.77 bits per heavy atom. The second-order valence-electron chi connectivity index (χ2n) is 14.4. The molecule has 4 N–H and O–H groups in total. The lowest BCUT2D eigenvalue weighted by Gasteiger charge is -2.63. The number of aliphatic hydroxyl groups excluding tert-OH is 1. The van der Waals surface area contributed by atoms with Crippen molar-refractivity contribution in [1.82, 2.24) is 5.32 Å². The van der Waals surface area contributed by atoms with E-state index in [-0.39, 0.29) is 40.7 Å². The van der Waals surface area contributed by atoms with Gasteiger partial charge in [0.1, 0.15) is 6.10 Å². The van der Waals surface area contributed by atoms with Crippen molar-refractivity contribution >= 4 is 6.09 Å². The van der Waals surface area contributed by atoms with Crippen LogP contribution >= 0.6 is 0 Å². The van der Waals surface area contributed by atoms with E-state index in [9.17, 15) is 9.90 Å². The highest BCUT2D eigenvalue weighted by Crippen LogP contribution is 2.89. The van der Waals surface area contributed by atoms with Crippen LogP contribution in [0.3, 0.4) is 0 Å². The molecular formula is C29H48N2O4. The molecule has 198 valence electrons. The third-order valence-electron chi connectivity index (χ3n) is 13.4. The predicted octanol–water partition coefficient (Wildman–Crippen LogP) is 4.48. The van der Waals surface area contributed by atoms with Gasteiger partial charge >= 0.3 is 6.09 Å². The first-order valence-corrected chi connectivity index (χ1v) is 14.4. The van der Waals surface area contributed by atoms with E-state index >= 15 is 0 Å². The SMILES string of the molecule is C[C@@H]1CCOC2C1[C@@]1(C)CCC34C[C@@]35CC[C@H](OC(=O)NCCN)C(C)(C)[C@@H]5CC[C@H]4[C@]1(C)[C@H]2O. The van der Waals surface area contributed by atoms with Gasteiger partial charge in [0.15, 0.2) is 0 Å². The summed E-state index contributed by atoms with van der Waals surface area (Å²) < 4.78 is 12.3. The summed E-state index contributed by atoms with van der Waals surface area (Å²) in [7, 11) is 0. The van der Waals surface area contributed by atoms with E-state index in [2.05, 4.69) is 39.9 Å². The molecule has 11 atom stereocenters. The maximum atomic E-state index is 12.4. The first-order chi connectivity index (χ1) is 16.5.